The number of nitrogens with zero attached hydrogens (tertiary/aromatic N) is 3. The second kappa shape index (κ2) is 4.83. The molecule has 0 spiro atoms. The summed E-state index contributed by atoms with van der Waals surface area (Å²) in [6.07, 6.45) is 2.70. The quantitative estimate of drug-likeness (QED) is 0.558. The van der Waals surface area contributed by atoms with Gasteiger partial charge in [0.25, 0.3) is 10.0 Å². The Morgan fingerprint density at radius 2 is 1.86 bits per heavy atom. The first-order chi connectivity index (χ1) is 10.0. The largest absolute Gasteiger partial charge is 0.308 e. The first kappa shape index (κ1) is 13.5. The molecule has 108 valence electrons. The third kappa shape index (κ3) is 2.14. The number of rotatable bonds is 3. The highest BCUT2D eigenvalue weighted by atomic mass is 32.2. The van der Waals surface area contributed by atoms with Crippen LogP contribution in [-0.2, 0) is 10.0 Å². The third-order valence-electron chi connectivity index (χ3n) is 3.16. The molecule has 0 amide bonds. The van der Waals surface area contributed by atoms with Gasteiger partial charge in [-0.25, -0.2) is 28.2 Å². The van der Waals surface area contributed by atoms with E-state index in [4.69, 9.17) is 5.84 Å². The lowest BCUT2D eigenvalue weighted by atomic mass is 10.2. The van der Waals surface area contributed by atoms with Gasteiger partial charge >= 0.3 is 0 Å². The Balaban J connectivity index is 2.22. The molecule has 0 saturated heterocycles. The van der Waals surface area contributed by atoms with Crippen LogP contribution in [0.1, 0.15) is 5.56 Å². The molecule has 3 rings (SSSR count). The monoisotopic (exact) mass is 303 g/mol. The standard InChI is InChI=1S/C13H13N5O2S/c1-9-2-4-10(5-3-9)21(19,20)18-7-6-11-12(17-14)15-8-16-13(11)18/h2-8H,14H2,1H3,(H,15,16,17). The van der Waals surface area contributed by atoms with Gasteiger partial charge in [-0.05, 0) is 25.1 Å². The lowest BCUT2D eigenvalue weighted by Gasteiger charge is -2.07. The van der Waals surface area contributed by atoms with Gasteiger partial charge in [0, 0.05) is 6.20 Å². The summed E-state index contributed by atoms with van der Waals surface area (Å²) < 4.78 is 26.5. The smallest absolute Gasteiger partial charge is 0.269 e. The molecule has 3 aromatic rings. The van der Waals surface area contributed by atoms with E-state index in [-0.39, 0.29) is 10.5 Å². The van der Waals surface area contributed by atoms with Gasteiger partial charge in [0.05, 0.1) is 10.3 Å². The molecule has 0 saturated carbocycles. The number of hydrogen-bond acceptors (Lipinski definition) is 6. The van der Waals surface area contributed by atoms with Crippen LogP contribution in [-0.4, -0.2) is 22.4 Å². The molecule has 1 aromatic carbocycles. The molecule has 0 bridgehead atoms. The van der Waals surface area contributed by atoms with Crippen molar-refractivity contribution in [1.29, 1.82) is 0 Å². The van der Waals surface area contributed by atoms with Crippen molar-refractivity contribution >= 4 is 26.9 Å². The first-order valence-corrected chi connectivity index (χ1v) is 7.59. The minimum absolute atomic E-state index is 0.200. The van der Waals surface area contributed by atoms with Crippen molar-refractivity contribution in [3.8, 4) is 0 Å². The normalized spacial score (nSPS) is 11.7. The number of fused-ring (bicyclic) bond motifs is 1. The van der Waals surface area contributed by atoms with E-state index in [0.717, 1.165) is 9.54 Å². The summed E-state index contributed by atoms with van der Waals surface area (Å²) in [5.41, 5.74) is 3.69. The van der Waals surface area contributed by atoms with Gasteiger partial charge in [0.1, 0.15) is 6.33 Å². The summed E-state index contributed by atoms with van der Waals surface area (Å²) in [5.74, 6) is 5.74. The van der Waals surface area contributed by atoms with Crippen LogP contribution in [0.15, 0.2) is 47.8 Å². The van der Waals surface area contributed by atoms with E-state index in [1.807, 2.05) is 6.92 Å². The van der Waals surface area contributed by atoms with Gasteiger partial charge in [-0.15, -0.1) is 0 Å². The number of anilines is 1. The Morgan fingerprint density at radius 1 is 1.14 bits per heavy atom. The van der Waals surface area contributed by atoms with E-state index in [1.165, 1.54) is 12.5 Å². The fourth-order valence-corrected chi connectivity index (χ4v) is 3.36. The molecule has 21 heavy (non-hydrogen) atoms. The van der Waals surface area contributed by atoms with Crippen molar-refractivity contribution in [2.24, 2.45) is 5.84 Å². The molecule has 2 aromatic heterocycles. The summed E-state index contributed by atoms with van der Waals surface area (Å²) in [6, 6.07) is 8.25. The zero-order valence-electron chi connectivity index (χ0n) is 11.2. The molecule has 0 unspecified atom stereocenters. The Kier molecular flexibility index (Phi) is 3.11. The van der Waals surface area contributed by atoms with E-state index in [2.05, 4.69) is 15.4 Å². The van der Waals surface area contributed by atoms with E-state index >= 15 is 0 Å². The van der Waals surface area contributed by atoms with E-state index in [0.29, 0.717) is 11.2 Å². The summed E-state index contributed by atoms with van der Waals surface area (Å²) in [5, 5.41) is 0.538. The minimum Gasteiger partial charge on any atom is -0.308 e. The van der Waals surface area contributed by atoms with Gasteiger partial charge in [-0.1, -0.05) is 17.7 Å². The number of aromatic nitrogens is 3. The molecular formula is C13H13N5O2S. The van der Waals surface area contributed by atoms with Crippen LogP contribution in [0.2, 0.25) is 0 Å². The van der Waals surface area contributed by atoms with Crippen LogP contribution in [0.5, 0.6) is 0 Å². The third-order valence-corrected chi connectivity index (χ3v) is 4.84. The van der Waals surface area contributed by atoms with Crippen molar-refractivity contribution in [3.63, 3.8) is 0 Å². The molecule has 0 aliphatic heterocycles. The summed E-state index contributed by atoms with van der Waals surface area (Å²) in [4.78, 5) is 8.19. The zero-order valence-corrected chi connectivity index (χ0v) is 12.0. The van der Waals surface area contributed by atoms with E-state index in [9.17, 15) is 8.42 Å². The van der Waals surface area contributed by atoms with Crippen LogP contribution in [0, 0.1) is 6.92 Å². The molecule has 3 N–H and O–H groups in total. The topological polar surface area (TPSA) is 103 Å². The number of hydrazine groups is 1. The van der Waals surface area contributed by atoms with Gasteiger partial charge in [0.15, 0.2) is 11.5 Å². The van der Waals surface area contributed by atoms with Gasteiger partial charge in [-0.2, -0.15) is 0 Å². The van der Waals surface area contributed by atoms with Crippen molar-refractivity contribution < 1.29 is 8.42 Å². The highest BCUT2D eigenvalue weighted by Crippen LogP contribution is 2.24. The summed E-state index contributed by atoms with van der Waals surface area (Å²) in [6.45, 7) is 1.90. The van der Waals surface area contributed by atoms with Crippen LogP contribution in [0.3, 0.4) is 0 Å². The number of aryl methyl sites for hydroxylation is 1. The highest BCUT2D eigenvalue weighted by Gasteiger charge is 2.20. The predicted octanol–water partition coefficient (Wildman–Crippen LogP) is 1.26. The van der Waals surface area contributed by atoms with Crippen LogP contribution >= 0.6 is 0 Å². The first-order valence-electron chi connectivity index (χ1n) is 6.15. The average Bonchev–Trinajstić information content (AvgIpc) is 2.92. The van der Waals surface area contributed by atoms with Crippen molar-refractivity contribution in [1.82, 2.24) is 13.9 Å². The molecular weight excluding hydrogens is 290 g/mol. The van der Waals surface area contributed by atoms with Crippen molar-refractivity contribution in [3.05, 3.63) is 48.4 Å². The van der Waals surface area contributed by atoms with E-state index < -0.39 is 10.0 Å². The van der Waals surface area contributed by atoms with E-state index in [1.54, 1.807) is 30.3 Å². The molecule has 2 heterocycles. The van der Waals surface area contributed by atoms with Gasteiger partial charge in [-0.3, -0.25) is 0 Å². The Labute approximate surface area is 121 Å². The zero-order chi connectivity index (χ0) is 15.0. The maximum absolute atomic E-state index is 12.7. The fraction of sp³-hybridized carbons (Fsp3) is 0.0769. The van der Waals surface area contributed by atoms with Crippen LogP contribution in [0.25, 0.3) is 11.0 Å². The van der Waals surface area contributed by atoms with Crippen LogP contribution < -0.4 is 11.3 Å². The second-order valence-corrected chi connectivity index (χ2v) is 6.35. The number of hydrogen-bond donors (Lipinski definition) is 2. The number of nitrogen functional groups attached to an aromatic ring is 1. The Morgan fingerprint density at radius 3 is 2.52 bits per heavy atom. The minimum atomic E-state index is -3.71. The van der Waals surface area contributed by atoms with Gasteiger partial charge in [0.2, 0.25) is 0 Å². The molecule has 0 aliphatic carbocycles. The lowest BCUT2D eigenvalue weighted by Crippen LogP contribution is -2.13. The molecule has 0 radical (unpaired) electrons. The molecule has 7 nitrogen and oxygen atoms in total. The summed E-state index contributed by atoms with van der Waals surface area (Å²) in [7, 11) is -3.71. The Bertz CT molecular complexity index is 900. The summed E-state index contributed by atoms with van der Waals surface area (Å²) >= 11 is 0. The average molecular weight is 303 g/mol. The SMILES string of the molecule is Cc1ccc(S(=O)(=O)n2ccc3c(NN)ncnc32)cc1. The number of nitrogens with two attached hydrogens (primary N) is 1. The molecule has 8 heteroatoms. The second-order valence-electron chi connectivity index (χ2n) is 4.53. The maximum atomic E-state index is 12.7. The molecule has 0 aliphatic rings. The maximum Gasteiger partial charge on any atom is 0.269 e. The number of nitrogens with one attached hydrogen (secondary N) is 1. The van der Waals surface area contributed by atoms with Crippen molar-refractivity contribution in [2.75, 3.05) is 5.43 Å². The Hall–Kier alpha value is -2.45. The van der Waals surface area contributed by atoms with Crippen molar-refractivity contribution in [2.45, 2.75) is 11.8 Å². The van der Waals surface area contributed by atoms with Gasteiger partial charge < -0.3 is 5.43 Å². The fourth-order valence-electron chi connectivity index (χ4n) is 2.06. The molecule has 0 fully saturated rings. The van der Waals surface area contributed by atoms with Crippen LogP contribution in [0.4, 0.5) is 5.82 Å². The lowest BCUT2D eigenvalue weighted by molar-refractivity contribution is 0.588. The highest BCUT2D eigenvalue weighted by molar-refractivity contribution is 7.90. The predicted molar refractivity (Wildman–Crippen MR) is 79.1 cm³/mol. The molecule has 0 atom stereocenters. The number of benzene rings is 1.